The number of morpholine rings is 1. The number of H-pyrrole nitrogens is 1. The molecule has 0 atom stereocenters. The average Bonchev–Trinajstić information content (AvgIpc) is 2.98. The molecule has 0 unspecified atom stereocenters. The zero-order valence-electron chi connectivity index (χ0n) is 13.4. The molecule has 0 amide bonds. The Hall–Kier alpha value is -0.790. The van der Waals surface area contributed by atoms with Gasteiger partial charge >= 0.3 is 0 Å². The monoisotopic (exact) mass is 425 g/mol. The largest absolute Gasteiger partial charge is 0.382 e. The van der Waals surface area contributed by atoms with E-state index in [2.05, 4.69) is 62.1 Å². The van der Waals surface area contributed by atoms with Crippen molar-refractivity contribution >= 4 is 39.2 Å². The molecule has 124 valence electrons. The summed E-state index contributed by atoms with van der Waals surface area (Å²) in [5.41, 5.74) is 2.50. The first-order valence-electron chi connectivity index (χ1n) is 8.65. The van der Waals surface area contributed by atoms with Gasteiger partial charge in [0.15, 0.2) is 0 Å². The van der Waals surface area contributed by atoms with Gasteiger partial charge in [-0.2, -0.15) is 0 Å². The van der Waals surface area contributed by atoms with Gasteiger partial charge in [-0.05, 0) is 66.5 Å². The third-order valence-electron chi connectivity index (χ3n) is 5.25. The zero-order valence-corrected chi connectivity index (χ0v) is 15.5. The van der Waals surface area contributed by atoms with E-state index in [1.807, 2.05) is 0 Å². The summed E-state index contributed by atoms with van der Waals surface area (Å²) < 4.78 is 6.67. The van der Waals surface area contributed by atoms with Crippen LogP contribution >= 0.6 is 22.6 Å². The van der Waals surface area contributed by atoms with Crippen LogP contribution in [0.1, 0.15) is 25.7 Å². The highest BCUT2D eigenvalue weighted by Crippen LogP contribution is 2.30. The SMILES string of the molecule is Ic1cc2c(NC3CCC(N4CCOCC4)CC3)cccc2[nH]1. The second kappa shape index (κ2) is 6.99. The van der Waals surface area contributed by atoms with Crippen LogP contribution in [0.3, 0.4) is 0 Å². The van der Waals surface area contributed by atoms with Crippen molar-refractivity contribution in [1.82, 2.24) is 9.88 Å². The third kappa shape index (κ3) is 3.51. The maximum atomic E-state index is 5.48. The summed E-state index contributed by atoms with van der Waals surface area (Å²) in [6.07, 6.45) is 5.14. The Morgan fingerprint density at radius 3 is 2.70 bits per heavy atom. The van der Waals surface area contributed by atoms with Crippen molar-refractivity contribution in [2.45, 2.75) is 37.8 Å². The van der Waals surface area contributed by atoms with Gasteiger partial charge in [0.2, 0.25) is 0 Å². The molecule has 0 radical (unpaired) electrons. The number of benzene rings is 1. The quantitative estimate of drug-likeness (QED) is 0.735. The van der Waals surface area contributed by atoms with Crippen LogP contribution in [0.25, 0.3) is 10.9 Å². The summed E-state index contributed by atoms with van der Waals surface area (Å²) in [6.45, 7) is 4.05. The maximum absolute atomic E-state index is 5.48. The van der Waals surface area contributed by atoms with Crippen LogP contribution in [0.4, 0.5) is 5.69 Å². The van der Waals surface area contributed by atoms with Gasteiger partial charge in [0.1, 0.15) is 0 Å². The lowest BCUT2D eigenvalue weighted by Crippen LogP contribution is -2.46. The molecule has 2 aliphatic rings. The first-order chi connectivity index (χ1) is 11.3. The van der Waals surface area contributed by atoms with Crippen LogP contribution in [0.15, 0.2) is 24.3 Å². The van der Waals surface area contributed by atoms with Gasteiger partial charge < -0.3 is 15.0 Å². The highest BCUT2D eigenvalue weighted by molar-refractivity contribution is 14.1. The van der Waals surface area contributed by atoms with E-state index in [0.717, 1.165) is 32.3 Å². The standard InChI is InChI=1S/C18H24IN3O/c19-18-12-15-16(2-1-3-17(15)21-18)20-13-4-6-14(7-5-13)22-8-10-23-11-9-22/h1-3,12-14,20-21H,4-11H2. The molecule has 1 saturated carbocycles. The van der Waals surface area contributed by atoms with Crippen LogP contribution < -0.4 is 5.32 Å². The van der Waals surface area contributed by atoms with Crippen LogP contribution in [0.2, 0.25) is 0 Å². The van der Waals surface area contributed by atoms with E-state index in [-0.39, 0.29) is 0 Å². The predicted molar refractivity (Wildman–Crippen MR) is 103 cm³/mol. The van der Waals surface area contributed by atoms with Crippen molar-refractivity contribution in [2.24, 2.45) is 0 Å². The Morgan fingerprint density at radius 1 is 1.13 bits per heavy atom. The lowest BCUT2D eigenvalue weighted by Gasteiger charge is -2.39. The number of anilines is 1. The highest BCUT2D eigenvalue weighted by atomic mass is 127. The minimum atomic E-state index is 0.602. The maximum Gasteiger partial charge on any atom is 0.0783 e. The molecule has 2 N–H and O–H groups in total. The van der Waals surface area contributed by atoms with Crippen LogP contribution in [-0.2, 0) is 4.74 Å². The van der Waals surface area contributed by atoms with Gasteiger partial charge in [-0.1, -0.05) is 6.07 Å². The van der Waals surface area contributed by atoms with Crippen molar-refractivity contribution in [1.29, 1.82) is 0 Å². The van der Waals surface area contributed by atoms with Gasteiger partial charge in [0.25, 0.3) is 0 Å². The number of halogens is 1. The molecule has 1 aromatic carbocycles. The average molecular weight is 425 g/mol. The van der Waals surface area contributed by atoms with E-state index < -0.39 is 0 Å². The van der Waals surface area contributed by atoms with Crippen LogP contribution in [-0.4, -0.2) is 48.3 Å². The normalized spacial score (nSPS) is 26.5. The van der Waals surface area contributed by atoms with Gasteiger partial charge in [-0.15, -0.1) is 0 Å². The van der Waals surface area contributed by atoms with E-state index in [9.17, 15) is 0 Å². The number of hydrogen-bond acceptors (Lipinski definition) is 3. The number of aromatic amines is 1. The zero-order chi connectivity index (χ0) is 15.6. The van der Waals surface area contributed by atoms with Crippen molar-refractivity contribution in [3.05, 3.63) is 28.0 Å². The summed E-state index contributed by atoms with van der Waals surface area (Å²) >= 11 is 2.35. The molecule has 5 heteroatoms. The fraction of sp³-hybridized carbons (Fsp3) is 0.556. The summed E-state index contributed by atoms with van der Waals surface area (Å²) in [6, 6.07) is 10.1. The van der Waals surface area contributed by atoms with Gasteiger partial charge in [-0.25, -0.2) is 0 Å². The minimum absolute atomic E-state index is 0.602. The topological polar surface area (TPSA) is 40.3 Å². The lowest BCUT2D eigenvalue weighted by molar-refractivity contribution is 0.00791. The van der Waals surface area contributed by atoms with Crippen molar-refractivity contribution in [3.8, 4) is 0 Å². The summed E-state index contributed by atoms with van der Waals surface area (Å²) in [5.74, 6) is 0. The molecule has 1 aliphatic carbocycles. The number of nitrogens with one attached hydrogen (secondary N) is 2. The summed E-state index contributed by atoms with van der Waals surface area (Å²) in [7, 11) is 0. The summed E-state index contributed by atoms with van der Waals surface area (Å²) in [4.78, 5) is 6.05. The fourth-order valence-electron chi connectivity index (χ4n) is 3.99. The molecule has 4 nitrogen and oxygen atoms in total. The first-order valence-corrected chi connectivity index (χ1v) is 9.73. The number of ether oxygens (including phenoxy) is 1. The minimum Gasteiger partial charge on any atom is -0.382 e. The Morgan fingerprint density at radius 2 is 1.91 bits per heavy atom. The smallest absolute Gasteiger partial charge is 0.0783 e. The third-order valence-corrected chi connectivity index (χ3v) is 5.83. The number of nitrogens with zero attached hydrogens (tertiary/aromatic N) is 1. The molecule has 23 heavy (non-hydrogen) atoms. The fourth-order valence-corrected chi connectivity index (χ4v) is 4.60. The molecule has 2 fully saturated rings. The van der Waals surface area contributed by atoms with Crippen molar-refractivity contribution in [3.63, 3.8) is 0 Å². The van der Waals surface area contributed by atoms with E-state index in [4.69, 9.17) is 4.74 Å². The Labute approximate surface area is 151 Å². The predicted octanol–water partition coefficient (Wildman–Crippen LogP) is 3.83. The van der Waals surface area contributed by atoms with Crippen LogP contribution in [0, 0.1) is 3.70 Å². The number of hydrogen-bond donors (Lipinski definition) is 2. The van der Waals surface area contributed by atoms with Crippen LogP contribution in [0.5, 0.6) is 0 Å². The molecule has 0 spiro atoms. The molecule has 4 rings (SSSR count). The number of fused-ring (bicyclic) bond motifs is 1. The van der Waals surface area contributed by atoms with Gasteiger partial charge in [0, 0.05) is 41.8 Å². The van der Waals surface area contributed by atoms with Crippen molar-refractivity contribution in [2.75, 3.05) is 31.6 Å². The highest BCUT2D eigenvalue weighted by Gasteiger charge is 2.27. The molecule has 1 aromatic heterocycles. The summed E-state index contributed by atoms with van der Waals surface area (Å²) in [5, 5.41) is 5.11. The van der Waals surface area contributed by atoms with E-state index in [0.29, 0.717) is 6.04 Å². The number of rotatable bonds is 3. The second-order valence-corrected chi connectivity index (χ2v) is 7.84. The molecule has 2 aromatic rings. The van der Waals surface area contributed by atoms with E-state index >= 15 is 0 Å². The van der Waals surface area contributed by atoms with Gasteiger partial charge in [0.05, 0.1) is 16.9 Å². The van der Waals surface area contributed by atoms with E-state index in [1.54, 1.807) is 0 Å². The molecule has 2 heterocycles. The van der Waals surface area contributed by atoms with E-state index in [1.165, 1.54) is 46.0 Å². The molecular weight excluding hydrogens is 401 g/mol. The van der Waals surface area contributed by atoms with Crippen molar-refractivity contribution < 1.29 is 4.74 Å². The Kier molecular flexibility index (Phi) is 4.78. The molecule has 1 aliphatic heterocycles. The Balaban J connectivity index is 1.38. The lowest BCUT2D eigenvalue weighted by atomic mass is 9.89. The van der Waals surface area contributed by atoms with Gasteiger partial charge in [-0.3, -0.25) is 4.90 Å². The Bertz CT molecular complexity index is 657. The number of aromatic nitrogens is 1. The molecule has 1 saturated heterocycles. The molecular formula is C18H24IN3O. The second-order valence-electron chi connectivity index (χ2n) is 6.68. The first kappa shape index (κ1) is 15.7. The molecule has 0 bridgehead atoms.